The molecule has 136 valence electrons. The van der Waals surface area contributed by atoms with Crippen molar-refractivity contribution in [3.63, 3.8) is 0 Å². The molecule has 0 unspecified atom stereocenters. The van der Waals surface area contributed by atoms with Gasteiger partial charge in [0.1, 0.15) is 0 Å². The molecule has 1 aromatic rings. The van der Waals surface area contributed by atoms with Crippen LogP contribution >= 0.6 is 15.9 Å². The minimum absolute atomic E-state index is 0.0245. The van der Waals surface area contributed by atoms with Crippen LogP contribution in [0.4, 0.5) is 0 Å². The van der Waals surface area contributed by atoms with E-state index in [2.05, 4.69) is 15.9 Å². The highest BCUT2D eigenvalue weighted by molar-refractivity contribution is 9.10. The van der Waals surface area contributed by atoms with Crippen molar-refractivity contribution < 1.29 is 22.7 Å². The molecule has 0 spiro atoms. The van der Waals surface area contributed by atoms with Crippen molar-refractivity contribution in [2.75, 3.05) is 24.7 Å². The standard InChI is InChI=1S/C17H20BrNO5S/c1-2-19(15-8-9-25(22,23)12-15)16(20)11-24-17(21)7-6-13-4-3-5-14(18)10-13/h3-7,10,15H,2,8-9,11-12H2,1H3/b7-6+/t15-/m1/s1. The van der Waals surface area contributed by atoms with E-state index in [1.807, 2.05) is 24.3 Å². The Labute approximate surface area is 155 Å². The molecule has 1 aliphatic rings. The van der Waals surface area contributed by atoms with Gasteiger partial charge in [-0.3, -0.25) is 4.79 Å². The van der Waals surface area contributed by atoms with Crippen molar-refractivity contribution in [3.05, 3.63) is 40.4 Å². The number of sulfone groups is 1. The number of esters is 1. The van der Waals surface area contributed by atoms with E-state index >= 15 is 0 Å². The highest BCUT2D eigenvalue weighted by Gasteiger charge is 2.34. The Kier molecular flexibility index (Phi) is 6.78. The monoisotopic (exact) mass is 429 g/mol. The molecule has 25 heavy (non-hydrogen) atoms. The van der Waals surface area contributed by atoms with Gasteiger partial charge in [-0.2, -0.15) is 0 Å². The van der Waals surface area contributed by atoms with Gasteiger partial charge >= 0.3 is 5.97 Å². The van der Waals surface area contributed by atoms with Gasteiger partial charge in [-0.05, 0) is 37.1 Å². The molecule has 1 amide bonds. The van der Waals surface area contributed by atoms with Gasteiger partial charge in [0.2, 0.25) is 0 Å². The molecule has 1 saturated heterocycles. The molecular formula is C17H20BrNO5S. The van der Waals surface area contributed by atoms with Crippen LogP contribution in [0.1, 0.15) is 18.9 Å². The van der Waals surface area contributed by atoms with Crippen molar-refractivity contribution in [2.45, 2.75) is 19.4 Å². The summed E-state index contributed by atoms with van der Waals surface area (Å²) in [7, 11) is -3.07. The Balaban J connectivity index is 1.86. The largest absolute Gasteiger partial charge is 0.452 e. The quantitative estimate of drug-likeness (QED) is 0.510. The molecular weight excluding hydrogens is 410 g/mol. The minimum Gasteiger partial charge on any atom is -0.452 e. The maximum atomic E-state index is 12.2. The summed E-state index contributed by atoms with van der Waals surface area (Å²) >= 11 is 3.34. The van der Waals surface area contributed by atoms with Crippen molar-refractivity contribution in [3.8, 4) is 0 Å². The molecule has 0 N–H and O–H groups in total. The molecule has 0 saturated carbocycles. The zero-order chi connectivity index (χ0) is 18.4. The van der Waals surface area contributed by atoms with Crippen molar-refractivity contribution in [1.29, 1.82) is 0 Å². The third-order valence-electron chi connectivity index (χ3n) is 3.91. The van der Waals surface area contributed by atoms with Crippen LogP contribution in [0.15, 0.2) is 34.8 Å². The van der Waals surface area contributed by atoms with Crippen molar-refractivity contribution in [2.24, 2.45) is 0 Å². The average molecular weight is 430 g/mol. The number of carbonyl (C=O) groups is 2. The van der Waals surface area contributed by atoms with Crippen LogP contribution in [0.3, 0.4) is 0 Å². The molecule has 0 radical (unpaired) electrons. The van der Waals surface area contributed by atoms with E-state index in [0.29, 0.717) is 13.0 Å². The number of hydrogen-bond donors (Lipinski definition) is 0. The Hall–Kier alpha value is -1.67. The lowest BCUT2D eigenvalue weighted by Crippen LogP contribution is -2.43. The molecule has 1 atom stereocenters. The van der Waals surface area contributed by atoms with Gasteiger partial charge < -0.3 is 9.64 Å². The molecule has 0 bridgehead atoms. The second kappa shape index (κ2) is 8.62. The number of carbonyl (C=O) groups excluding carboxylic acids is 2. The number of likely N-dealkylation sites (N-methyl/N-ethyl adjacent to an activating group) is 1. The van der Waals surface area contributed by atoms with E-state index in [1.165, 1.54) is 11.0 Å². The zero-order valence-corrected chi connectivity index (χ0v) is 16.3. The van der Waals surface area contributed by atoms with Gasteiger partial charge in [-0.25, -0.2) is 13.2 Å². The van der Waals surface area contributed by atoms with Crippen LogP contribution in [0.5, 0.6) is 0 Å². The number of halogens is 1. The summed E-state index contributed by atoms with van der Waals surface area (Å²) in [6.07, 6.45) is 3.28. The summed E-state index contributed by atoms with van der Waals surface area (Å²) in [6, 6.07) is 7.05. The maximum Gasteiger partial charge on any atom is 0.331 e. The van der Waals surface area contributed by atoms with Gasteiger partial charge in [0, 0.05) is 23.1 Å². The lowest BCUT2D eigenvalue weighted by molar-refractivity contribution is -0.149. The molecule has 1 fully saturated rings. The first-order valence-electron chi connectivity index (χ1n) is 7.91. The number of rotatable bonds is 6. The summed E-state index contributed by atoms with van der Waals surface area (Å²) in [6.45, 7) is 1.76. The molecule has 8 heteroatoms. The SMILES string of the molecule is CCN(C(=O)COC(=O)/C=C/c1cccc(Br)c1)[C@@H]1CCS(=O)(=O)C1. The van der Waals surface area contributed by atoms with E-state index in [0.717, 1.165) is 10.0 Å². The predicted molar refractivity (Wildman–Crippen MR) is 98.6 cm³/mol. The predicted octanol–water partition coefficient (Wildman–Crippen LogP) is 2.04. The highest BCUT2D eigenvalue weighted by Crippen LogP contribution is 2.18. The fourth-order valence-electron chi connectivity index (χ4n) is 2.70. The number of benzene rings is 1. The molecule has 0 aromatic heterocycles. The minimum atomic E-state index is -3.07. The van der Waals surface area contributed by atoms with Crippen molar-refractivity contribution >= 4 is 43.7 Å². The molecule has 1 heterocycles. The van der Waals surface area contributed by atoms with E-state index < -0.39 is 22.4 Å². The molecule has 0 aliphatic carbocycles. The Morgan fingerprint density at radius 3 is 2.76 bits per heavy atom. The van der Waals surface area contributed by atoms with Crippen LogP contribution < -0.4 is 0 Å². The van der Waals surface area contributed by atoms with Gasteiger partial charge in [0.05, 0.1) is 11.5 Å². The molecule has 2 rings (SSSR count). The molecule has 6 nitrogen and oxygen atoms in total. The Bertz CT molecular complexity index is 775. The van der Waals surface area contributed by atoms with Gasteiger partial charge in [0.15, 0.2) is 16.4 Å². The van der Waals surface area contributed by atoms with Gasteiger partial charge in [-0.1, -0.05) is 28.1 Å². The Morgan fingerprint density at radius 1 is 1.40 bits per heavy atom. The number of nitrogens with zero attached hydrogens (tertiary/aromatic N) is 1. The lowest BCUT2D eigenvalue weighted by Gasteiger charge is -2.26. The third-order valence-corrected chi connectivity index (χ3v) is 6.15. The number of hydrogen-bond acceptors (Lipinski definition) is 5. The lowest BCUT2D eigenvalue weighted by atomic mass is 10.2. The first kappa shape index (κ1) is 19.7. The summed E-state index contributed by atoms with van der Waals surface area (Å²) in [5, 5.41) is 0. The van der Waals surface area contributed by atoms with Gasteiger partial charge in [0.25, 0.3) is 5.91 Å². The van der Waals surface area contributed by atoms with Crippen LogP contribution in [-0.2, 0) is 24.2 Å². The summed E-state index contributed by atoms with van der Waals surface area (Å²) < 4.78 is 29.0. The van der Waals surface area contributed by atoms with Crippen molar-refractivity contribution in [1.82, 2.24) is 4.90 Å². The number of ether oxygens (including phenoxy) is 1. The summed E-state index contributed by atoms with van der Waals surface area (Å²) in [4.78, 5) is 25.4. The topological polar surface area (TPSA) is 80.8 Å². The van der Waals surface area contributed by atoms with E-state index in [4.69, 9.17) is 4.74 Å². The highest BCUT2D eigenvalue weighted by atomic mass is 79.9. The van der Waals surface area contributed by atoms with E-state index in [9.17, 15) is 18.0 Å². The van der Waals surface area contributed by atoms with Crippen LogP contribution in [-0.4, -0.2) is 55.9 Å². The Morgan fingerprint density at radius 2 is 2.16 bits per heavy atom. The third kappa shape index (κ3) is 5.97. The zero-order valence-electron chi connectivity index (χ0n) is 13.9. The maximum absolute atomic E-state index is 12.2. The fourth-order valence-corrected chi connectivity index (χ4v) is 4.85. The number of amides is 1. The fraction of sp³-hybridized carbons (Fsp3) is 0.412. The van der Waals surface area contributed by atoms with E-state index in [1.54, 1.807) is 13.0 Å². The smallest absolute Gasteiger partial charge is 0.331 e. The van der Waals surface area contributed by atoms with E-state index in [-0.39, 0.29) is 23.5 Å². The van der Waals surface area contributed by atoms with Gasteiger partial charge in [-0.15, -0.1) is 0 Å². The first-order valence-corrected chi connectivity index (χ1v) is 10.5. The molecule has 1 aliphatic heterocycles. The second-order valence-corrected chi connectivity index (χ2v) is 8.88. The average Bonchev–Trinajstić information content (AvgIpc) is 2.91. The second-order valence-electron chi connectivity index (χ2n) is 5.73. The summed E-state index contributed by atoms with van der Waals surface area (Å²) in [5.41, 5.74) is 0.823. The normalized spacial score (nSPS) is 19.0. The molecule has 1 aromatic carbocycles. The van der Waals surface area contributed by atoms with Crippen LogP contribution in [0.2, 0.25) is 0 Å². The first-order chi connectivity index (χ1) is 11.8. The van der Waals surface area contributed by atoms with Crippen LogP contribution in [0.25, 0.3) is 6.08 Å². The summed E-state index contributed by atoms with van der Waals surface area (Å²) in [5.74, 6) is -0.933. The van der Waals surface area contributed by atoms with Crippen LogP contribution in [0, 0.1) is 0 Å².